The Morgan fingerprint density at radius 1 is 1.06 bits per heavy atom. The molecule has 2 heterocycles. The molecule has 0 radical (unpaired) electrons. The molecule has 164 valence electrons. The zero-order valence-corrected chi connectivity index (χ0v) is 18.3. The molecule has 0 spiro atoms. The first-order chi connectivity index (χ1) is 15.4. The molecule has 0 saturated heterocycles. The number of imidazole rings is 1. The Morgan fingerprint density at radius 2 is 1.84 bits per heavy atom. The molecule has 0 fully saturated rings. The quantitative estimate of drug-likeness (QED) is 0.408. The minimum absolute atomic E-state index is 0.0467. The number of fused-ring (bicyclic) bond motifs is 1. The van der Waals surface area contributed by atoms with E-state index in [1.807, 2.05) is 35.0 Å². The molecule has 8 nitrogen and oxygen atoms in total. The van der Waals surface area contributed by atoms with Crippen molar-refractivity contribution in [3.8, 4) is 11.5 Å². The van der Waals surface area contributed by atoms with Crippen LogP contribution in [0.5, 0.6) is 11.5 Å². The van der Waals surface area contributed by atoms with Crippen LogP contribution >= 0.6 is 0 Å². The zero-order chi connectivity index (χ0) is 22.7. The molecule has 32 heavy (non-hydrogen) atoms. The molecule has 4 aromatic rings. The van der Waals surface area contributed by atoms with Crippen molar-refractivity contribution >= 4 is 27.1 Å². The lowest BCUT2D eigenvalue weighted by atomic mass is 10.2. The van der Waals surface area contributed by atoms with Gasteiger partial charge in [-0.25, -0.2) is 13.4 Å². The highest BCUT2D eigenvalue weighted by atomic mass is 32.2. The first kappa shape index (κ1) is 21.4. The molecule has 2 aromatic carbocycles. The Hall–Kier alpha value is -3.85. The number of sulfonamides is 1. The van der Waals surface area contributed by atoms with Crippen molar-refractivity contribution in [2.24, 2.45) is 0 Å². The van der Waals surface area contributed by atoms with Crippen molar-refractivity contribution in [3.63, 3.8) is 0 Å². The number of hydrogen-bond donors (Lipinski definition) is 1. The number of hydrogen-bond acceptors (Lipinski definition) is 6. The first-order valence-corrected chi connectivity index (χ1v) is 11.2. The van der Waals surface area contributed by atoms with E-state index in [0.717, 1.165) is 11.3 Å². The zero-order valence-electron chi connectivity index (χ0n) is 17.5. The highest BCUT2D eigenvalue weighted by molar-refractivity contribution is 7.92. The number of ketones is 1. The molecule has 9 heteroatoms. The number of nitrogens with one attached hydrogen (secondary N) is 1. The van der Waals surface area contributed by atoms with Crippen LogP contribution in [0, 0.1) is 0 Å². The maximum absolute atomic E-state index is 12.7. The van der Waals surface area contributed by atoms with Crippen molar-refractivity contribution < 1.29 is 22.7 Å². The number of pyridine rings is 1. The highest BCUT2D eigenvalue weighted by Gasteiger charge is 2.16. The fraction of sp³-hybridized carbons (Fsp3) is 0.130. The third kappa shape index (κ3) is 4.57. The van der Waals surface area contributed by atoms with E-state index in [-0.39, 0.29) is 17.3 Å². The van der Waals surface area contributed by atoms with Crippen LogP contribution in [0.25, 0.3) is 5.65 Å². The summed E-state index contributed by atoms with van der Waals surface area (Å²) < 4.78 is 41.1. The fourth-order valence-electron chi connectivity index (χ4n) is 3.14. The van der Waals surface area contributed by atoms with Gasteiger partial charge in [-0.15, -0.1) is 0 Å². The lowest BCUT2D eigenvalue weighted by Crippen LogP contribution is -2.13. The normalized spacial score (nSPS) is 11.3. The van der Waals surface area contributed by atoms with E-state index < -0.39 is 10.0 Å². The summed E-state index contributed by atoms with van der Waals surface area (Å²) in [6.45, 7) is 1.60. The number of carbonyl (C=O) groups is 1. The predicted molar refractivity (Wildman–Crippen MR) is 120 cm³/mol. The van der Waals surface area contributed by atoms with Crippen molar-refractivity contribution in [2.75, 3.05) is 11.8 Å². The van der Waals surface area contributed by atoms with E-state index >= 15 is 0 Å². The number of benzene rings is 2. The maximum Gasteiger partial charge on any atom is 0.261 e. The Bertz CT molecular complexity index is 1350. The number of carbonyl (C=O) groups excluding carboxylic acids is 1. The van der Waals surface area contributed by atoms with Crippen molar-refractivity contribution in [3.05, 3.63) is 84.3 Å². The van der Waals surface area contributed by atoms with Crippen molar-refractivity contribution in [1.29, 1.82) is 0 Å². The summed E-state index contributed by atoms with van der Waals surface area (Å²) in [4.78, 5) is 15.9. The summed E-state index contributed by atoms with van der Waals surface area (Å²) in [6, 6.07) is 16.2. The molecule has 0 atom stereocenters. The summed E-state index contributed by atoms with van der Waals surface area (Å²) in [5, 5.41) is 0. The highest BCUT2D eigenvalue weighted by Crippen LogP contribution is 2.32. The summed E-state index contributed by atoms with van der Waals surface area (Å²) in [7, 11) is -2.34. The summed E-state index contributed by atoms with van der Waals surface area (Å²) in [5.74, 6) is 0.698. The van der Waals surface area contributed by atoms with Gasteiger partial charge in [0, 0.05) is 24.0 Å². The topological polar surface area (TPSA) is 99.0 Å². The molecule has 4 rings (SSSR count). The summed E-state index contributed by atoms with van der Waals surface area (Å²) >= 11 is 0. The standard InChI is InChI=1S/C23H21N3O5S/c1-16(27)17-6-9-20(10-7-17)32(28,29)25-18-8-11-21(30-2)22(13-18)31-15-19-14-26-12-4-3-5-23(26)24-19/h3-14,25H,15H2,1-2H3. The Morgan fingerprint density at radius 3 is 2.53 bits per heavy atom. The molecular weight excluding hydrogens is 430 g/mol. The Kier molecular flexibility index (Phi) is 5.83. The van der Waals surface area contributed by atoms with E-state index in [0.29, 0.717) is 22.7 Å². The van der Waals surface area contributed by atoms with Gasteiger partial charge in [0.2, 0.25) is 0 Å². The number of Topliss-reactive ketones (excluding diaryl/α,β-unsaturated/α-hetero) is 1. The number of methoxy groups -OCH3 is 1. The van der Waals surface area contributed by atoms with Crippen LogP contribution in [0.4, 0.5) is 5.69 Å². The van der Waals surface area contributed by atoms with E-state index in [4.69, 9.17) is 9.47 Å². The molecular formula is C23H21N3O5S. The second-order valence-corrected chi connectivity index (χ2v) is 8.72. The Balaban J connectivity index is 1.53. The predicted octanol–water partition coefficient (Wildman–Crippen LogP) is 3.93. The Labute approximate surface area is 185 Å². The fourth-order valence-corrected chi connectivity index (χ4v) is 4.19. The molecule has 2 aromatic heterocycles. The summed E-state index contributed by atoms with van der Waals surface area (Å²) in [6.07, 6.45) is 3.75. The second-order valence-electron chi connectivity index (χ2n) is 7.04. The molecule has 0 aliphatic rings. The average Bonchev–Trinajstić information content (AvgIpc) is 3.20. The minimum Gasteiger partial charge on any atom is -0.493 e. The molecule has 0 bridgehead atoms. The molecule has 1 N–H and O–H groups in total. The first-order valence-electron chi connectivity index (χ1n) is 9.73. The lowest BCUT2D eigenvalue weighted by Gasteiger charge is -2.13. The van der Waals surface area contributed by atoms with Crippen molar-refractivity contribution in [1.82, 2.24) is 9.38 Å². The van der Waals surface area contributed by atoms with Crippen LogP contribution in [0.3, 0.4) is 0 Å². The number of ether oxygens (including phenoxy) is 2. The number of aromatic nitrogens is 2. The SMILES string of the molecule is COc1ccc(NS(=O)(=O)c2ccc(C(C)=O)cc2)cc1OCc1cn2ccccc2n1. The molecule has 0 aliphatic heterocycles. The summed E-state index contributed by atoms with van der Waals surface area (Å²) in [5.41, 5.74) is 2.27. The van der Waals surface area contributed by atoms with Crippen LogP contribution in [0.15, 0.2) is 78.0 Å². The van der Waals surface area contributed by atoms with Crippen LogP contribution in [-0.2, 0) is 16.6 Å². The van der Waals surface area contributed by atoms with Gasteiger partial charge in [0.1, 0.15) is 12.3 Å². The van der Waals surface area contributed by atoms with Gasteiger partial charge >= 0.3 is 0 Å². The third-order valence-corrected chi connectivity index (χ3v) is 6.17. The van der Waals surface area contributed by atoms with Gasteiger partial charge in [-0.05, 0) is 43.3 Å². The maximum atomic E-state index is 12.7. The largest absolute Gasteiger partial charge is 0.493 e. The minimum atomic E-state index is -3.85. The molecule has 0 amide bonds. The van der Waals surface area contributed by atoms with Gasteiger partial charge in [-0.1, -0.05) is 18.2 Å². The van der Waals surface area contributed by atoms with Gasteiger partial charge < -0.3 is 13.9 Å². The van der Waals surface area contributed by atoms with Crippen LogP contribution in [0.1, 0.15) is 23.0 Å². The molecule has 0 saturated carbocycles. The van der Waals surface area contributed by atoms with Gasteiger partial charge in [0.15, 0.2) is 17.3 Å². The van der Waals surface area contributed by atoms with Gasteiger partial charge in [-0.2, -0.15) is 0 Å². The van der Waals surface area contributed by atoms with Gasteiger partial charge in [-0.3, -0.25) is 9.52 Å². The molecule has 0 unspecified atom stereocenters. The third-order valence-electron chi connectivity index (χ3n) is 4.78. The monoisotopic (exact) mass is 451 g/mol. The van der Waals surface area contributed by atoms with Crippen LogP contribution in [-0.4, -0.2) is 30.7 Å². The van der Waals surface area contributed by atoms with Crippen LogP contribution < -0.4 is 14.2 Å². The van der Waals surface area contributed by atoms with Gasteiger partial charge in [0.05, 0.1) is 23.4 Å². The van der Waals surface area contributed by atoms with E-state index in [1.165, 1.54) is 38.3 Å². The van der Waals surface area contributed by atoms with E-state index in [2.05, 4.69) is 9.71 Å². The smallest absolute Gasteiger partial charge is 0.261 e. The van der Waals surface area contributed by atoms with E-state index in [9.17, 15) is 13.2 Å². The molecule has 0 aliphatic carbocycles. The van der Waals surface area contributed by atoms with Crippen molar-refractivity contribution in [2.45, 2.75) is 18.4 Å². The average molecular weight is 452 g/mol. The second kappa shape index (κ2) is 8.72. The lowest BCUT2D eigenvalue weighted by molar-refractivity contribution is 0.101. The number of nitrogens with zero attached hydrogens (tertiary/aromatic N) is 2. The number of rotatable bonds is 8. The van der Waals surface area contributed by atoms with Gasteiger partial charge in [0.25, 0.3) is 10.0 Å². The van der Waals surface area contributed by atoms with E-state index in [1.54, 1.807) is 18.2 Å². The van der Waals surface area contributed by atoms with Crippen LogP contribution in [0.2, 0.25) is 0 Å². The number of anilines is 1.